The number of nitrogens with zero attached hydrogens (tertiary/aromatic N) is 4. The van der Waals surface area contributed by atoms with Crippen LogP contribution in [0.15, 0.2) is 34.6 Å². The number of hydrogen-bond donors (Lipinski definition) is 0. The van der Waals surface area contributed by atoms with Crippen LogP contribution in [0.4, 0.5) is 4.39 Å². The average molecular weight is 267 g/mol. The van der Waals surface area contributed by atoms with Crippen molar-refractivity contribution in [2.75, 3.05) is 0 Å². The number of nitriles is 1. The van der Waals surface area contributed by atoms with E-state index in [4.69, 9.17) is 16.9 Å². The van der Waals surface area contributed by atoms with E-state index in [1.165, 1.54) is 6.20 Å². The van der Waals surface area contributed by atoms with Gasteiger partial charge in [-0.2, -0.15) is 5.26 Å². The van der Waals surface area contributed by atoms with E-state index in [9.17, 15) is 4.39 Å². The molecule has 0 aliphatic carbocycles. The van der Waals surface area contributed by atoms with Gasteiger partial charge < -0.3 is 0 Å². The molecule has 0 N–H and O–H groups in total. The summed E-state index contributed by atoms with van der Waals surface area (Å²) in [6, 6.07) is 5.19. The van der Waals surface area contributed by atoms with E-state index in [0.717, 1.165) is 18.0 Å². The highest BCUT2D eigenvalue weighted by Gasteiger charge is 2.11. The number of rotatable bonds is 2. The number of pyridine rings is 1. The van der Waals surface area contributed by atoms with Crippen molar-refractivity contribution >= 4 is 23.4 Å². The van der Waals surface area contributed by atoms with Gasteiger partial charge in [-0.05, 0) is 35.5 Å². The van der Waals surface area contributed by atoms with E-state index in [1.807, 2.05) is 6.07 Å². The molecule has 2 aromatic rings. The van der Waals surface area contributed by atoms with Crippen LogP contribution in [0.2, 0.25) is 5.28 Å². The lowest BCUT2D eigenvalue weighted by atomic mass is 10.3. The first-order valence-electron chi connectivity index (χ1n) is 4.41. The van der Waals surface area contributed by atoms with Crippen LogP contribution in [-0.2, 0) is 0 Å². The van der Waals surface area contributed by atoms with Crippen LogP contribution in [0.5, 0.6) is 0 Å². The minimum absolute atomic E-state index is 0.0419. The Morgan fingerprint density at radius 1 is 1.35 bits per heavy atom. The van der Waals surface area contributed by atoms with Crippen LogP contribution in [0, 0.1) is 17.1 Å². The number of hydrogen-bond acceptors (Lipinski definition) is 5. The summed E-state index contributed by atoms with van der Waals surface area (Å²) in [6.07, 6.45) is 2.50. The molecule has 4 nitrogen and oxygen atoms in total. The molecule has 0 saturated heterocycles. The van der Waals surface area contributed by atoms with Crippen molar-refractivity contribution < 1.29 is 4.39 Å². The Morgan fingerprint density at radius 3 is 2.94 bits per heavy atom. The summed E-state index contributed by atoms with van der Waals surface area (Å²) in [5, 5.41) is 9.23. The molecule has 0 aliphatic heterocycles. The molecule has 0 aliphatic rings. The van der Waals surface area contributed by atoms with Gasteiger partial charge >= 0.3 is 0 Å². The van der Waals surface area contributed by atoms with Gasteiger partial charge in [0.05, 0.1) is 11.8 Å². The third-order valence-corrected chi connectivity index (χ3v) is 2.95. The van der Waals surface area contributed by atoms with Gasteiger partial charge in [-0.3, -0.25) is 0 Å². The molecule has 84 valence electrons. The second kappa shape index (κ2) is 5.08. The Bertz CT molecular complexity index is 599. The molecule has 2 heterocycles. The first kappa shape index (κ1) is 11.8. The summed E-state index contributed by atoms with van der Waals surface area (Å²) in [6.45, 7) is 0. The molecule has 0 amide bonds. The van der Waals surface area contributed by atoms with Gasteiger partial charge in [-0.15, -0.1) is 0 Å². The number of halogens is 2. The third kappa shape index (κ3) is 2.70. The minimum atomic E-state index is -0.603. The quantitative estimate of drug-likeness (QED) is 0.618. The molecule has 0 aromatic carbocycles. The third-order valence-electron chi connectivity index (χ3n) is 1.77. The molecule has 2 rings (SSSR count). The Hall–Kier alpha value is -1.71. The van der Waals surface area contributed by atoms with Crippen LogP contribution >= 0.6 is 23.4 Å². The highest BCUT2D eigenvalue weighted by molar-refractivity contribution is 7.99. The lowest BCUT2D eigenvalue weighted by molar-refractivity contribution is 0.578. The van der Waals surface area contributed by atoms with Crippen molar-refractivity contribution in [3.63, 3.8) is 0 Å². The predicted octanol–water partition coefficient (Wildman–Crippen LogP) is 2.69. The Kier molecular flexibility index (Phi) is 3.52. The molecular formula is C10H4ClFN4S. The van der Waals surface area contributed by atoms with Crippen LogP contribution in [-0.4, -0.2) is 15.0 Å². The summed E-state index contributed by atoms with van der Waals surface area (Å²) < 4.78 is 13.4. The second-order valence-corrected chi connectivity index (χ2v) is 4.18. The van der Waals surface area contributed by atoms with Crippen molar-refractivity contribution in [1.29, 1.82) is 5.26 Å². The standard InChI is InChI=1S/C10H4ClFN4S/c11-10-15-5-7(12)9(16-10)17-8-6(4-13)2-1-3-14-8/h1-3,5H. The smallest absolute Gasteiger partial charge is 0.223 e. The van der Waals surface area contributed by atoms with Crippen LogP contribution in [0.3, 0.4) is 0 Å². The van der Waals surface area contributed by atoms with Gasteiger partial charge in [0.2, 0.25) is 5.28 Å². The summed E-state index contributed by atoms with van der Waals surface area (Å²) >= 11 is 6.50. The normalized spacial score (nSPS) is 9.94. The molecule has 0 spiro atoms. The zero-order valence-corrected chi connectivity index (χ0v) is 9.83. The summed E-state index contributed by atoms with van der Waals surface area (Å²) in [4.78, 5) is 11.2. The van der Waals surface area contributed by atoms with Crippen LogP contribution < -0.4 is 0 Å². The van der Waals surface area contributed by atoms with E-state index in [-0.39, 0.29) is 10.3 Å². The van der Waals surface area contributed by atoms with E-state index in [2.05, 4.69) is 15.0 Å². The van der Waals surface area contributed by atoms with Gasteiger partial charge in [0.15, 0.2) is 5.82 Å². The SMILES string of the molecule is N#Cc1cccnc1Sc1nc(Cl)ncc1F. The number of aromatic nitrogens is 3. The molecule has 0 bridgehead atoms. The van der Waals surface area contributed by atoms with E-state index in [0.29, 0.717) is 10.6 Å². The topological polar surface area (TPSA) is 62.5 Å². The maximum atomic E-state index is 13.4. The predicted molar refractivity (Wildman–Crippen MR) is 60.1 cm³/mol. The zero-order chi connectivity index (χ0) is 12.3. The van der Waals surface area contributed by atoms with Gasteiger partial charge in [-0.1, -0.05) is 0 Å². The monoisotopic (exact) mass is 266 g/mol. The van der Waals surface area contributed by atoms with Crippen LogP contribution in [0.25, 0.3) is 0 Å². The molecular weight excluding hydrogens is 263 g/mol. The molecule has 0 atom stereocenters. The van der Waals surface area contributed by atoms with E-state index >= 15 is 0 Å². The van der Waals surface area contributed by atoms with Crippen molar-refractivity contribution in [2.24, 2.45) is 0 Å². The van der Waals surface area contributed by atoms with Crippen LogP contribution in [0.1, 0.15) is 5.56 Å². The highest BCUT2D eigenvalue weighted by Crippen LogP contribution is 2.28. The molecule has 17 heavy (non-hydrogen) atoms. The Balaban J connectivity index is 2.38. The fourth-order valence-corrected chi connectivity index (χ4v) is 2.04. The molecule has 7 heteroatoms. The maximum absolute atomic E-state index is 13.4. The molecule has 2 aromatic heterocycles. The van der Waals surface area contributed by atoms with Crippen molar-refractivity contribution in [1.82, 2.24) is 15.0 Å². The van der Waals surface area contributed by atoms with Gasteiger partial charge in [-0.25, -0.2) is 19.3 Å². The molecule has 0 saturated carbocycles. The minimum Gasteiger partial charge on any atom is -0.248 e. The second-order valence-electron chi connectivity index (χ2n) is 2.86. The first-order chi connectivity index (χ1) is 8.20. The largest absolute Gasteiger partial charge is 0.248 e. The Morgan fingerprint density at radius 2 is 2.18 bits per heavy atom. The van der Waals surface area contributed by atoms with Crippen molar-refractivity contribution in [3.05, 3.63) is 41.2 Å². The van der Waals surface area contributed by atoms with Gasteiger partial charge in [0.25, 0.3) is 0 Å². The summed E-state index contributed by atoms with van der Waals surface area (Å²) in [5.41, 5.74) is 0.353. The fraction of sp³-hybridized carbons (Fsp3) is 0. The summed E-state index contributed by atoms with van der Waals surface area (Å²) in [5.74, 6) is -0.603. The van der Waals surface area contributed by atoms with Gasteiger partial charge in [0.1, 0.15) is 16.1 Å². The molecule has 0 fully saturated rings. The fourth-order valence-electron chi connectivity index (χ4n) is 1.05. The van der Waals surface area contributed by atoms with E-state index in [1.54, 1.807) is 12.1 Å². The Labute approximate surface area is 105 Å². The summed E-state index contributed by atoms with van der Waals surface area (Å²) in [7, 11) is 0. The highest BCUT2D eigenvalue weighted by atomic mass is 35.5. The van der Waals surface area contributed by atoms with Crippen molar-refractivity contribution in [3.8, 4) is 6.07 Å². The first-order valence-corrected chi connectivity index (χ1v) is 5.61. The maximum Gasteiger partial charge on any atom is 0.223 e. The lowest BCUT2D eigenvalue weighted by Gasteiger charge is -2.02. The van der Waals surface area contributed by atoms with Crippen molar-refractivity contribution in [2.45, 2.75) is 10.1 Å². The zero-order valence-electron chi connectivity index (χ0n) is 8.26. The van der Waals surface area contributed by atoms with Gasteiger partial charge in [0, 0.05) is 6.20 Å². The molecule has 0 radical (unpaired) electrons. The molecule has 0 unspecified atom stereocenters. The average Bonchev–Trinajstić information content (AvgIpc) is 2.34. The lowest BCUT2D eigenvalue weighted by Crippen LogP contribution is -1.92. The van der Waals surface area contributed by atoms with E-state index < -0.39 is 5.82 Å².